The molecule has 0 spiro atoms. The predicted molar refractivity (Wildman–Crippen MR) is 109 cm³/mol. The van der Waals surface area contributed by atoms with Crippen LogP contribution in [0.15, 0.2) is 18.2 Å². The summed E-state index contributed by atoms with van der Waals surface area (Å²) in [7, 11) is 0. The van der Waals surface area contributed by atoms with Gasteiger partial charge in [0.2, 0.25) is 0 Å². The number of carbonyl (C=O) groups is 2. The van der Waals surface area contributed by atoms with Gasteiger partial charge in [0.1, 0.15) is 11.9 Å². The Morgan fingerprint density at radius 3 is 2.54 bits per heavy atom. The number of ether oxygens (including phenoxy) is 3. The van der Waals surface area contributed by atoms with Crippen molar-refractivity contribution in [3.63, 3.8) is 0 Å². The van der Waals surface area contributed by atoms with Crippen molar-refractivity contribution in [1.82, 2.24) is 0 Å². The smallest absolute Gasteiger partial charge is 0.347 e. The van der Waals surface area contributed by atoms with Crippen LogP contribution in [0.5, 0.6) is 5.75 Å². The largest absolute Gasteiger partial charge is 0.477 e. The van der Waals surface area contributed by atoms with Crippen LogP contribution in [0.1, 0.15) is 47.0 Å². The highest BCUT2D eigenvalue weighted by molar-refractivity contribution is 6.35. The zero-order valence-corrected chi connectivity index (χ0v) is 18.3. The highest BCUT2D eigenvalue weighted by atomic mass is 35.5. The Morgan fingerprint density at radius 2 is 1.89 bits per heavy atom. The Kier molecular flexibility index (Phi) is 8.44. The van der Waals surface area contributed by atoms with Gasteiger partial charge in [-0.3, -0.25) is 0 Å². The fraction of sp³-hybridized carbons (Fsp3) is 0.619. The first-order valence-electron chi connectivity index (χ1n) is 9.65. The Morgan fingerprint density at radius 1 is 1.18 bits per heavy atom. The van der Waals surface area contributed by atoms with Crippen molar-refractivity contribution in [3.8, 4) is 5.75 Å². The molecule has 2 rings (SSSR count). The molecule has 1 aromatic carbocycles. The normalized spacial score (nSPS) is 23.2. The lowest BCUT2D eigenvalue weighted by Crippen LogP contribution is -2.37. The van der Waals surface area contributed by atoms with Crippen LogP contribution in [0.25, 0.3) is 0 Å². The topological polar surface area (TPSA) is 61.8 Å². The Labute approximate surface area is 176 Å². The van der Waals surface area contributed by atoms with E-state index in [0.717, 1.165) is 19.3 Å². The standard InChI is InChI=1S/C21H28Cl2O5/c1-12(2)16-7-5-13(3)9-19(16)28-20(24)11-26-21(25)14(4)27-18-8-6-15(22)10-17(18)23/h6,8,10,12-14,16,19H,5,7,9,11H2,1-4H3/t13-,14-,16-,19+/m1/s1. The third-order valence-electron chi connectivity index (χ3n) is 5.11. The molecular weight excluding hydrogens is 403 g/mol. The number of benzene rings is 1. The average Bonchev–Trinajstić information content (AvgIpc) is 2.61. The number of hydrogen-bond donors (Lipinski definition) is 0. The van der Waals surface area contributed by atoms with Gasteiger partial charge in [0.25, 0.3) is 0 Å². The summed E-state index contributed by atoms with van der Waals surface area (Å²) in [6.45, 7) is 7.54. The quantitative estimate of drug-likeness (QED) is 0.548. The van der Waals surface area contributed by atoms with E-state index in [1.165, 1.54) is 13.0 Å². The van der Waals surface area contributed by atoms with Crippen molar-refractivity contribution >= 4 is 35.1 Å². The molecule has 0 radical (unpaired) electrons. The first-order valence-corrected chi connectivity index (χ1v) is 10.4. The molecule has 1 aliphatic carbocycles. The van der Waals surface area contributed by atoms with Crippen LogP contribution in [0.4, 0.5) is 0 Å². The zero-order valence-electron chi connectivity index (χ0n) is 16.7. The predicted octanol–water partition coefficient (Wildman–Crippen LogP) is 5.31. The van der Waals surface area contributed by atoms with E-state index >= 15 is 0 Å². The van der Waals surface area contributed by atoms with Crippen molar-refractivity contribution < 1.29 is 23.8 Å². The molecule has 0 unspecified atom stereocenters. The third kappa shape index (κ3) is 6.56. The van der Waals surface area contributed by atoms with Gasteiger partial charge in [-0.25, -0.2) is 9.59 Å². The summed E-state index contributed by atoms with van der Waals surface area (Å²) in [5, 5.41) is 0.754. The molecule has 156 valence electrons. The second kappa shape index (κ2) is 10.4. The number of esters is 2. The fourth-order valence-electron chi connectivity index (χ4n) is 3.51. The molecule has 1 aliphatic rings. The summed E-state index contributed by atoms with van der Waals surface area (Å²) in [6.07, 6.45) is 1.98. The van der Waals surface area contributed by atoms with Crippen molar-refractivity contribution in [2.24, 2.45) is 17.8 Å². The molecule has 1 saturated carbocycles. The molecule has 5 nitrogen and oxygen atoms in total. The molecule has 0 bridgehead atoms. The van der Waals surface area contributed by atoms with Crippen molar-refractivity contribution in [2.45, 2.75) is 59.2 Å². The minimum atomic E-state index is -0.926. The van der Waals surface area contributed by atoms with Gasteiger partial charge < -0.3 is 14.2 Å². The Balaban J connectivity index is 1.83. The van der Waals surface area contributed by atoms with E-state index in [-0.39, 0.29) is 11.1 Å². The number of hydrogen-bond acceptors (Lipinski definition) is 5. The maximum atomic E-state index is 12.2. The summed E-state index contributed by atoms with van der Waals surface area (Å²) >= 11 is 11.9. The summed E-state index contributed by atoms with van der Waals surface area (Å²) in [6, 6.07) is 4.69. The van der Waals surface area contributed by atoms with Crippen LogP contribution in [0.3, 0.4) is 0 Å². The third-order valence-corrected chi connectivity index (χ3v) is 5.64. The van der Waals surface area contributed by atoms with Crippen LogP contribution < -0.4 is 4.74 Å². The second-order valence-electron chi connectivity index (χ2n) is 7.80. The highest BCUT2D eigenvalue weighted by Gasteiger charge is 2.33. The molecule has 0 aliphatic heterocycles. The molecule has 7 heteroatoms. The van der Waals surface area contributed by atoms with E-state index in [4.69, 9.17) is 37.4 Å². The monoisotopic (exact) mass is 430 g/mol. The van der Waals surface area contributed by atoms with Crippen LogP contribution in [-0.2, 0) is 19.1 Å². The summed E-state index contributed by atoms with van der Waals surface area (Å²) in [5.74, 6) is 0.410. The average molecular weight is 431 g/mol. The van der Waals surface area contributed by atoms with Gasteiger partial charge in [0.05, 0.1) is 5.02 Å². The SMILES string of the molecule is CC(C)[C@H]1CC[C@@H](C)C[C@@H]1OC(=O)COC(=O)[C@@H](C)Oc1ccc(Cl)cc1Cl. The summed E-state index contributed by atoms with van der Waals surface area (Å²) < 4.78 is 16.2. The molecule has 0 N–H and O–H groups in total. The molecular formula is C21H28Cl2O5. The summed E-state index contributed by atoms with van der Waals surface area (Å²) in [4.78, 5) is 24.3. The fourth-order valence-corrected chi connectivity index (χ4v) is 3.96. The van der Waals surface area contributed by atoms with Gasteiger partial charge in [-0.1, -0.05) is 50.4 Å². The number of rotatable bonds is 7. The second-order valence-corrected chi connectivity index (χ2v) is 8.64. The van der Waals surface area contributed by atoms with Crippen molar-refractivity contribution in [3.05, 3.63) is 28.2 Å². The van der Waals surface area contributed by atoms with E-state index in [2.05, 4.69) is 20.8 Å². The lowest BCUT2D eigenvalue weighted by atomic mass is 9.75. The molecule has 28 heavy (non-hydrogen) atoms. The molecule has 0 saturated heterocycles. The number of halogens is 2. The molecule has 1 aromatic rings. The first kappa shape index (κ1) is 22.8. The van der Waals surface area contributed by atoms with E-state index in [1.54, 1.807) is 12.1 Å². The van der Waals surface area contributed by atoms with Crippen LogP contribution in [0.2, 0.25) is 10.0 Å². The number of carbonyl (C=O) groups excluding carboxylic acids is 2. The maximum Gasteiger partial charge on any atom is 0.347 e. The van der Waals surface area contributed by atoms with E-state index < -0.39 is 24.6 Å². The van der Waals surface area contributed by atoms with Gasteiger partial charge in [-0.2, -0.15) is 0 Å². The van der Waals surface area contributed by atoms with Crippen molar-refractivity contribution in [1.29, 1.82) is 0 Å². The van der Waals surface area contributed by atoms with E-state index in [1.807, 2.05) is 0 Å². The zero-order chi connectivity index (χ0) is 20.8. The van der Waals surface area contributed by atoms with Crippen LogP contribution >= 0.6 is 23.2 Å². The van der Waals surface area contributed by atoms with Crippen molar-refractivity contribution in [2.75, 3.05) is 6.61 Å². The highest BCUT2D eigenvalue weighted by Crippen LogP contribution is 2.35. The summed E-state index contributed by atoms with van der Waals surface area (Å²) in [5.41, 5.74) is 0. The van der Waals surface area contributed by atoms with Gasteiger partial charge >= 0.3 is 11.9 Å². The van der Waals surface area contributed by atoms with Crippen LogP contribution in [0, 0.1) is 17.8 Å². The van der Waals surface area contributed by atoms with Gasteiger partial charge in [0.15, 0.2) is 12.7 Å². The molecule has 0 aromatic heterocycles. The Hall–Kier alpha value is -1.46. The Bertz CT molecular complexity index is 691. The minimum absolute atomic E-state index is 0.128. The lowest BCUT2D eigenvalue weighted by molar-refractivity contribution is -0.169. The lowest BCUT2D eigenvalue weighted by Gasteiger charge is -2.36. The van der Waals surface area contributed by atoms with Crippen LogP contribution in [-0.4, -0.2) is 30.8 Å². The van der Waals surface area contributed by atoms with Gasteiger partial charge in [-0.05, 0) is 55.7 Å². The molecule has 0 heterocycles. The van der Waals surface area contributed by atoms with E-state index in [9.17, 15) is 9.59 Å². The first-order chi connectivity index (χ1) is 13.2. The van der Waals surface area contributed by atoms with Gasteiger partial charge in [0, 0.05) is 5.02 Å². The molecule has 4 atom stereocenters. The molecule has 1 fully saturated rings. The molecule has 0 amide bonds. The minimum Gasteiger partial charge on any atom is -0.477 e. The van der Waals surface area contributed by atoms with Gasteiger partial charge in [-0.15, -0.1) is 0 Å². The maximum absolute atomic E-state index is 12.2. The van der Waals surface area contributed by atoms with E-state index in [0.29, 0.717) is 28.5 Å².